The SMILES string of the molecule is CC(C)=CCCC(C)(C)CBr. The fourth-order valence-corrected chi connectivity index (χ4v) is 1.10. The molecule has 0 aromatic heterocycles. The number of hydrogen-bond acceptors (Lipinski definition) is 0. The molecule has 0 heterocycles. The molecular weight excluding hydrogens is 200 g/mol. The number of alkyl halides is 1. The molecule has 0 nitrogen and oxygen atoms in total. The summed E-state index contributed by atoms with van der Waals surface area (Å²) in [4.78, 5) is 0. The molecule has 0 aromatic rings. The molecule has 11 heavy (non-hydrogen) atoms. The van der Waals surface area contributed by atoms with Crippen molar-refractivity contribution in [1.29, 1.82) is 0 Å². The van der Waals surface area contributed by atoms with E-state index in [0.29, 0.717) is 5.41 Å². The highest BCUT2D eigenvalue weighted by Gasteiger charge is 2.13. The van der Waals surface area contributed by atoms with E-state index >= 15 is 0 Å². The molecule has 0 saturated carbocycles. The van der Waals surface area contributed by atoms with E-state index in [4.69, 9.17) is 0 Å². The maximum Gasteiger partial charge on any atom is 0.00827 e. The van der Waals surface area contributed by atoms with Crippen molar-refractivity contribution in [2.45, 2.75) is 40.5 Å². The molecular formula is C10H19Br. The maximum atomic E-state index is 3.52. The molecule has 0 amide bonds. The first-order chi connectivity index (χ1) is 4.98. The van der Waals surface area contributed by atoms with Gasteiger partial charge in [0.2, 0.25) is 0 Å². The largest absolute Gasteiger partial charge is 0.0922 e. The third-order valence-electron chi connectivity index (χ3n) is 1.74. The topological polar surface area (TPSA) is 0 Å². The van der Waals surface area contributed by atoms with Crippen molar-refractivity contribution < 1.29 is 0 Å². The normalized spacial score (nSPS) is 11.4. The van der Waals surface area contributed by atoms with Crippen molar-refractivity contribution in [1.82, 2.24) is 0 Å². The minimum atomic E-state index is 0.450. The summed E-state index contributed by atoms with van der Waals surface area (Å²) in [5.41, 5.74) is 1.88. The Morgan fingerprint density at radius 2 is 1.91 bits per heavy atom. The molecule has 0 spiro atoms. The molecule has 0 aliphatic heterocycles. The Labute approximate surface area is 79.2 Å². The number of hydrogen-bond donors (Lipinski definition) is 0. The lowest BCUT2D eigenvalue weighted by Crippen LogP contribution is -2.11. The lowest BCUT2D eigenvalue weighted by atomic mass is 9.90. The molecule has 0 aliphatic rings. The van der Waals surface area contributed by atoms with E-state index in [2.05, 4.69) is 49.7 Å². The summed E-state index contributed by atoms with van der Waals surface area (Å²) in [6.07, 6.45) is 4.79. The highest BCUT2D eigenvalue weighted by atomic mass is 79.9. The van der Waals surface area contributed by atoms with Gasteiger partial charge in [-0.25, -0.2) is 0 Å². The first-order valence-electron chi connectivity index (χ1n) is 4.17. The minimum Gasteiger partial charge on any atom is -0.0922 e. The fourth-order valence-electron chi connectivity index (χ4n) is 0.818. The summed E-state index contributed by atoms with van der Waals surface area (Å²) >= 11 is 3.52. The van der Waals surface area contributed by atoms with Crippen LogP contribution in [-0.4, -0.2) is 5.33 Å². The number of rotatable bonds is 4. The molecule has 0 unspecified atom stereocenters. The van der Waals surface area contributed by atoms with Crippen LogP contribution >= 0.6 is 15.9 Å². The smallest absolute Gasteiger partial charge is 0.00827 e. The van der Waals surface area contributed by atoms with E-state index in [9.17, 15) is 0 Å². The molecule has 0 atom stereocenters. The van der Waals surface area contributed by atoms with Crippen LogP contribution in [0.3, 0.4) is 0 Å². The molecule has 1 heteroatoms. The van der Waals surface area contributed by atoms with Gasteiger partial charge in [0.15, 0.2) is 0 Å². The second kappa shape index (κ2) is 4.97. The quantitative estimate of drug-likeness (QED) is 0.492. The highest BCUT2D eigenvalue weighted by molar-refractivity contribution is 9.09. The third kappa shape index (κ3) is 6.61. The molecule has 0 saturated heterocycles. The van der Waals surface area contributed by atoms with Crippen molar-refractivity contribution in [3.05, 3.63) is 11.6 Å². The predicted molar refractivity (Wildman–Crippen MR) is 56.2 cm³/mol. The number of halogens is 1. The van der Waals surface area contributed by atoms with Gasteiger partial charge in [-0.2, -0.15) is 0 Å². The maximum absolute atomic E-state index is 3.52. The van der Waals surface area contributed by atoms with Gasteiger partial charge < -0.3 is 0 Å². The van der Waals surface area contributed by atoms with Gasteiger partial charge in [-0.3, -0.25) is 0 Å². The lowest BCUT2D eigenvalue weighted by molar-refractivity contribution is 0.394. The average molecular weight is 219 g/mol. The molecule has 0 aromatic carbocycles. The Morgan fingerprint density at radius 3 is 2.27 bits per heavy atom. The molecule has 0 radical (unpaired) electrons. The lowest BCUT2D eigenvalue weighted by Gasteiger charge is -2.20. The molecule has 0 fully saturated rings. The van der Waals surface area contributed by atoms with Crippen LogP contribution in [0.2, 0.25) is 0 Å². The first kappa shape index (κ1) is 11.2. The van der Waals surface area contributed by atoms with Crippen molar-refractivity contribution in [2.24, 2.45) is 5.41 Å². The van der Waals surface area contributed by atoms with Gasteiger partial charge >= 0.3 is 0 Å². The Hall–Kier alpha value is 0.220. The zero-order valence-electron chi connectivity index (χ0n) is 8.08. The van der Waals surface area contributed by atoms with E-state index in [0.717, 1.165) is 5.33 Å². The minimum absolute atomic E-state index is 0.450. The van der Waals surface area contributed by atoms with Gasteiger partial charge in [-0.1, -0.05) is 41.4 Å². The van der Waals surface area contributed by atoms with Gasteiger partial charge in [0.1, 0.15) is 0 Å². The Morgan fingerprint density at radius 1 is 1.36 bits per heavy atom. The van der Waals surface area contributed by atoms with Crippen LogP contribution in [0.5, 0.6) is 0 Å². The summed E-state index contributed by atoms with van der Waals surface area (Å²) in [7, 11) is 0. The van der Waals surface area contributed by atoms with Crippen LogP contribution in [0, 0.1) is 5.41 Å². The predicted octanol–water partition coefficient (Wildman–Crippen LogP) is 4.15. The van der Waals surface area contributed by atoms with E-state index in [1.807, 2.05) is 0 Å². The van der Waals surface area contributed by atoms with Gasteiger partial charge in [-0.15, -0.1) is 0 Å². The molecule has 0 bridgehead atoms. The fraction of sp³-hybridized carbons (Fsp3) is 0.800. The highest BCUT2D eigenvalue weighted by Crippen LogP contribution is 2.24. The number of allylic oxidation sites excluding steroid dienone is 2. The van der Waals surface area contributed by atoms with Crippen molar-refractivity contribution in [3.8, 4) is 0 Å². The van der Waals surface area contributed by atoms with E-state index in [-0.39, 0.29) is 0 Å². The zero-order chi connectivity index (χ0) is 8.91. The van der Waals surface area contributed by atoms with Crippen molar-refractivity contribution in [3.63, 3.8) is 0 Å². The average Bonchev–Trinajstić information content (AvgIpc) is 1.87. The summed E-state index contributed by atoms with van der Waals surface area (Å²) in [5, 5.41) is 1.09. The Bertz CT molecular complexity index is 130. The molecule has 0 rings (SSSR count). The molecule has 0 N–H and O–H groups in total. The Balaban J connectivity index is 3.62. The van der Waals surface area contributed by atoms with Crippen molar-refractivity contribution >= 4 is 15.9 Å². The second-order valence-corrected chi connectivity index (χ2v) is 4.68. The summed E-state index contributed by atoms with van der Waals surface area (Å²) in [6.45, 7) is 8.89. The molecule has 66 valence electrons. The van der Waals surface area contributed by atoms with Crippen molar-refractivity contribution in [2.75, 3.05) is 5.33 Å². The summed E-state index contributed by atoms with van der Waals surface area (Å²) < 4.78 is 0. The summed E-state index contributed by atoms with van der Waals surface area (Å²) in [5.74, 6) is 0. The standard InChI is InChI=1S/C10H19Br/c1-9(2)6-5-7-10(3,4)8-11/h6H,5,7-8H2,1-4H3. The van der Waals surface area contributed by atoms with E-state index in [1.165, 1.54) is 18.4 Å². The van der Waals surface area contributed by atoms with E-state index in [1.54, 1.807) is 0 Å². The molecule has 0 aliphatic carbocycles. The van der Waals surface area contributed by atoms with Gasteiger partial charge in [0.05, 0.1) is 0 Å². The van der Waals surface area contributed by atoms with Gasteiger partial charge in [0.25, 0.3) is 0 Å². The summed E-state index contributed by atoms with van der Waals surface area (Å²) in [6, 6.07) is 0. The Kier molecular flexibility index (Phi) is 5.07. The van der Waals surface area contributed by atoms with Crippen LogP contribution in [0.25, 0.3) is 0 Å². The third-order valence-corrected chi connectivity index (χ3v) is 3.25. The zero-order valence-corrected chi connectivity index (χ0v) is 9.66. The van der Waals surface area contributed by atoms with Crippen LogP contribution in [0.15, 0.2) is 11.6 Å². The monoisotopic (exact) mass is 218 g/mol. The van der Waals surface area contributed by atoms with Gasteiger partial charge in [-0.05, 0) is 32.1 Å². The van der Waals surface area contributed by atoms with Crippen LogP contribution in [0.4, 0.5) is 0 Å². The van der Waals surface area contributed by atoms with E-state index < -0.39 is 0 Å². The second-order valence-electron chi connectivity index (χ2n) is 4.12. The van der Waals surface area contributed by atoms with Crippen LogP contribution in [-0.2, 0) is 0 Å². The van der Waals surface area contributed by atoms with Crippen LogP contribution < -0.4 is 0 Å². The first-order valence-corrected chi connectivity index (χ1v) is 5.29. The van der Waals surface area contributed by atoms with Crippen LogP contribution in [0.1, 0.15) is 40.5 Å². The van der Waals surface area contributed by atoms with Gasteiger partial charge in [0, 0.05) is 5.33 Å².